The molecule has 1 amide bonds. The fourth-order valence-corrected chi connectivity index (χ4v) is 1.54. The van der Waals surface area contributed by atoms with Crippen molar-refractivity contribution < 1.29 is 17.8 Å². The van der Waals surface area contributed by atoms with Crippen molar-refractivity contribution in [1.29, 1.82) is 0 Å². The normalized spacial score (nSPS) is 10.9. The molecule has 1 rings (SSSR count). The van der Waals surface area contributed by atoms with Gasteiger partial charge in [0.05, 0.1) is 5.69 Å². The van der Waals surface area contributed by atoms with Crippen molar-refractivity contribution >= 4 is 27.9 Å². The van der Waals surface area contributed by atoms with E-state index < -0.39 is 10.1 Å². The second kappa shape index (κ2) is 3.64. The Kier molecular flexibility index (Phi) is 2.73. The lowest BCUT2D eigenvalue weighted by atomic mass is 10.3. The van der Waals surface area contributed by atoms with E-state index in [-0.39, 0.29) is 10.6 Å². The summed E-state index contributed by atoms with van der Waals surface area (Å²) in [7, 11) is -4.31. The van der Waals surface area contributed by atoms with Crippen LogP contribution in [0, 0.1) is 0 Å². The molecule has 0 radical (unpaired) electrons. The molecule has 0 saturated heterocycles. The molecule has 14 heavy (non-hydrogen) atoms. The number of nitrogen functional groups attached to an aromatic ring is 1. The Morgan fingerprint density at radius 2 is 2.07 bits per heavy atom. The molecule has 0 aliphatic heterocycles. The van der Waals surface area contributed by atoms with Crippen LogP contribution in [0.5, 0.6) is 0 Å². The van der Waals surface area contributed by atoms with Crippen LogP contribution in [0.4, 0.5) is 11.4 Å². The first-order chi connectivity index (χ1) is 6.45. The first-order valence-corrected chi connectivity index (χ1v) is 4.96. The highest BCUT2D eigenvalue weighted by atomic mass is 32.2. The van der Waals surface area contributed by atoms with Gasteiger partial charge in [0.25, 0.3) is 10.1 Å². The van der Waals surface area contributed by atoms with Gasteiger partial charge >= 0.3 is 0 Å². The van der Waals surface area contributed by atoms with Gasteiger partial charge in [-0.2, -0.15) is 8.42 Å². The SMILES string of the molecule is Nc1cc(NC=O)ccc1S(=O)(=O)O. The first-order valence-electron chi connectivity index (χ1n) is 3.52. The molecule has 0 bridgehead atoms. The Hall–Kier alpha value is -1.60. The van der Waals surface area contributed by atoms with Crippen LogP contribution in [0.2, 0.25) is 0 Å². The highest BCUT2D eigenvalue weighted by Crippen LogP contribution is 2.21. The third-order valence-electron chi connectivity index (χ3n) is 1.51. The summed E-state index contributed by atoms with van der Waals surface area (Å²) in [5.74, 6) is 0. The molecule has 0 aliphatic carbocycles. The smallest absolute Gasteiger partial charge is 0.296 e. The summed E-state index contributed by atoms with van der Waals surface area (Å²) in [5, 5.41) is 2.29. The predicted molar refractivity (Wildman–Crippen MR) is 50.4 cm³/mol. The minimum absolute atomic E-state index is 0.126. The van der Waals surface area contributed by atoms with Crippen LogP contribution in [0.3, 0.4) is 0 Å². The molecule has 7 heteroatoms. The van der Waals surface area contributed by atoms with E-state index in [1.54, 1.807) is 0 Å². The number of carbonyl (C=O) groups is 1. The van der Waals surface area contributed by atoms with E-state index in [2.05, 4.69) is 5.32 Å². The molecule has 1 aromatic rings. The largest absolute Gasteiger partial charge is 0.398 e. The summed E-state index contributed by atoms with van der Waals surface area (Å²) in [4.78, 5) is 9.67. The molecule has 0 heterocycles. The van der Waals surface area contributed by atoms with Crippen molar-refractivity contribution in [1.82, 2.24) is 0 Å². The molecule has 0 aromatic heterocycles. The Balaban J connectivity index is 3.21. The molecule has 0 aliphatic rings. The van der Waals surface area contributed by atoms with Crippen molar-refractivity contribution in [3.05, 3.63) is 18.2 Å². The number of amides is 1. The number of hydrogen-bond acceptors (Lipinski definition) is 4. The summed E-state index contributed by atoms with van der Waals surface area (Å²) in [6.07, 6.45) is 0.432. The van der Waals surface area contributed by atoms with E-state index in [1.807, 2.05) is 0 Å². The Bertz CT molecular complexity index is 455. The van der Waals surface area contributed by atoms with Crippen LogP contribution < -0.4 is 11.1 Å². The van der Waals surface area contributed by atoms with Crippen LogP contribution in [0.25, 0.3) is 0 Å². The van der Waals surface area contributed by atoms with Crippen LogP contribution >= 0.6 is 0 Å². The summed E-state index contributed by atoms with van der Waals surface area (Å²) in [6.45, 7) is 0. The molecule has 0 atom stereocenters. The lowest BCUT2D eigenvalue weighted by Crippen LogP contribution is -2.04. The monoisotopic (exact) mass is 216 g/mol. The lowest BCUT2D eigenvalue weighted by Gasteiger charge is -2.04. The molecular weight excluding hydrogens is 208 g/mol. The number of hydrogen-bond donors (Lipinski definition) is 3. The van der Waals surface area contributed by atoms with Crippen LogP contribution in [0.1, 0.15) is 0 Å². The number of nitrogens with two attached hydrogens (primary N) is 1. The van der Waals surface area contributed by atoms with Gasteiger partial charge in [0.15, 0.2) is 0 Å². The predicted octanol–water partition coefficient (Wildman–Crippen LogP) is 0.0838. The summed E-state index contributed by atoms with van der Waals surface area (Å²) in [6, 6.07) is 3.65. The maximum Gasteiger partial charge on any atom is 0.296 e. The minimum atomic E-state index is -4.31. The molecule has 0 unspecified atom stereocenters. The van der Waals surface area contributed by atoms with Crippen molar-refractivity contribution in [3.63, 3.8) is 0 Å². The van der Waals surface area contributed by atoms with Gasteiger partial charge < -0.3 is 11.1 Å². The number of nitrogens with one attached hydrogen (secondary N) is 1. The highest BCUT2D eigenvalue weighted by molar-refractivity contribution is 7.86. The summed E-state index contributed by atoms with van der Waals surface area (Å²) < 4.78 is 30.1. The van der Waals surface area contributed by atoms with E-state index in [1.165, 1.54) is 12.1 Å². The zero-order valence-corrected chi connectivity index (χ0v) is 7.78. The number of anilines is 2. The second-order valence-electron chi connectivity index (χ2n) is 2.49. The fourth-order valence-electron chi connectivity index (χ4n) is 0.941. The highest BCUT2D eigenvalue weighted by Gasteiger charge is 2.13. The third kappa shape index (κ3) is 2.21. The van der Waals surface area contributed by atoms with Crippen LogP contribution in [-0.4, -0.2) is 19.4 Å². The van der Waals surface area contributed by atoms with E-state index in [0.29, 0.717) is 12.1 Å². The van der Waals surface area contributed by atoms with Gasteiger partial charge in [0, 0.05) is 5.69 Å². The van der Waals surface area contributed by atoms with Crippen LogP contribution in [-0.2, 0) is 14.9 Å². The Morgan fingerprint density at radius 1 is 1.43 bits per heavy atom. The molecule has 0 spiro atoms. The van der Waals surface area contributed by atoms with Crippen molar-refractivity contribution in [2.24, 2.45) is 0 Å². The van der Waals surface area contributed by atoms with Gasteiger partial charge in [-0.15, -0.1) is 0 Å². The fraction of sp³-hybridized carbons (Fsp3) is 0. The lowest BCUT2D eigenvalue weighted by molar-refractivity contribution is -0.105. The van der Waals surface area contributed by atoms with Crippen molar-refractivity contribution in [2.45, 2.75) is 4.90 Å². The summed E-state index contributed by atoms with van der Waals surface area (Å²) >= 11 is 0. The molecule has 0 fully saturated rings. The molecule has 76 valence electrons. The zero-order chi connectivity index (χ0) is 10.8. The topological polar surface area (TPSA) is 109 Å². The first kappa shape index (κ1) is 10.5. The maximum absolute atomic E-state index is 10.7. The molecule has 4 N–H and O–H groups in total. The summed E-state index contributed by atoms with van der Waals surface area (Å²) in [5.41, 5.74) is 5.57. The number of carbonyl (C=O) groups excluding carboxylic acids is 1. The molecular formula is C7H8N2O4S. The van der Waals surface area contributed by atoms with Crippen LogP contribution in [0.15, 0.2) is 23.1 Å². The van der Waals surface area contributed by atoms with E-state index in [9.17, 15) is 13.2 Å². The number of rotatable bonds is 3. The van der Waals surface area contributed by atoms with E-state index in [4.69, 9.17) is 10.3 Å². The average Bonchev–Trinajstić information content (AvgIpc) is 2.02. The molecule has 0 saturated carbocycles. The van der Waals surface area contributed by atoms with Gasteiger partial charge in [0.1, 0.15) is 4.90 Å². The second-order valence-corrected chi connectivity index (χ2v) is 3.88. The molecule has 1 aromatic carbocycles. The van der Waals surface area contributed by atoms with Gasteiger partial charge in [0.2, 0.25) is 6.41 Å². The quantitative estimate of drug-likeness (QED) is 0.376. The maximum atomic E-state index is 10.7. The minimum Gasteiger partial charge on any atom is -0.398 e. The van der Waals surface area contributed by atoms with Gasteiger partial charge in [-0.25, -0.2) is 0 Å². The zero-order valence-electron chi connectivity index (χ0n) is 6.97. The van der Waals surface area contributed by atoms with E-state index in [0.717, 1.165) is 6.07 Å². The average molecular weight is 216 g/mol. The van der Waals surface area contributed by atoms with Crippen molar-refractivity contribution in [2.75, 3.05) is 11.1 Å². The van der Waals surface area contributed by atoms with Gasteiger partial charge in [-0.05, 0) is 18.2 Å². The number of benzene rings is 1. The molecule has 6 nitrogen and oxygen atoms in total. The third-order valence-corrected chi connectivity index (χ3v) is 2.44. The Labute approximate surface area is 80.5 Å². The van der Waals surface area contributed by atoms with Crippen molar-refractivity contribution in [3.8, 4) is 0 Å². The van der Waals surface area contributed by atoms with Gasteiger partial charge in [-0.1, -0.05) is 0 Å². The standard InChI is InChI=1S/C7H8N2O4S/c8-6-3-5(9-4-10)1-2-7(6)14(11,12)13/h1-4H,8H2,(H,9,10)(H,11,12,13). The van der Waals surface area contributed by atoms with Gasteiger partial charge in [-0.3, -0.25) is 9.35 Å². The van der Waals surface area contributed by atoms with E-state index >= 15 is 0 Å². The Morgan fingerprint density at radius 3 is 2.50 bits per heavy atom.